The van der Waals surface area contributed by atoms with Gasteiger partial charge in [0, 0.05) is 19.6 Å². The first-order valence-electron chi connectivity index (χ1n) is 10.5. The maximum absolute atomic E-state index is 12.7. The quantitative estimate of drug-likeness (QED) is 0.643. The Labute approximate surface area is 185 Å². The van der Waals surface area contributed by atoms with Crippen LogP contribution in [0.5, 0.6) is 5.75 Å². The first kappa shape index (κ1) is 23.7. The molecule has 0 bridgehead atoms. The van der Waals surface area contributed by atoms with Gasteiger partial charge in [-0.25, -0.2) is 21.6 Å². The van der Waals surface area contributed by atoms with Gasteiger partial charge in [-0.2, -0.15) is 4.31 Å². The molecule has 1 saturated heterocycles. The van der Waals surface area contributed by atoms with E-state index in [9.17, 15) is 16.8 Å². The Morgan fingerprint density at radius 3 is 2.13 bits per heavy atom. The van der Waals surface area contributed by atoms with Crippen LogP contribution in [0.4, 0.5) is 0 Å². The molecule has 1 fully saturated rings. The van der Waals surface area contributed by atoms with E-state index in [1.54, 1.807) is 31.2 Å². The van der Waals surface area contributed by atoms with E-state index in [0.29, 0.717) is 24.4 Å². The van der Waals surface area contributed by atoms with Gasteiger partial charge < -0.3 is 4.74 Å². The van der Waals surface area contributed by atoms with Crippen LogP contribution in [0.15, 0.2) is 52.3 Å². The van der Waals surface area contributed by atoms with E-state index >= 15 is 0 Å². The third kappa shape index (κ3) is 5.85. The predicted octanol–water partition coefficient (Wildman–Crippen LogP) is 3.44. The molecule has 0 aliphatic carbocycles. The van der Waals surface area contributed by atoms with Crippen molar-refractivity contribution in [2.75, 3.05) is 13.1 Å². The number of sulfonamides is 2. The highest BCUT2D eigenvalue weighted by atomic mass is 32.2. The van der Waals surface area contributed by atoms with E-state index in [1.165, 1.54) is 22.5 Å². The number of hydrogen-bond donors (Lipinski definition) is 1. The molecule has 0 radical (unpaired) electrons. The number of rotatable bonds is 8. The molecule has 170 valence electrons. The van der Waals surface area contributed by atoms with Crippen molar-refractivity contribution < 1.29 is 21.6 Å². The summed E-state index contributed by atoms with van der Waals surface area (Å²) in [5, 5.41) is 0. The highest BCUT2D eigenvalue weighted by Gasteiger charge is 2.25. The second kappa shape index (κ2) is 9.68. The van der Waals surface area contributed by atoms with Gasteiger partial charge in [0.15, 0.2) is 0 Å². The maximum atomic E-state index is 12.7. The Balaban J connectivity index is 1.67. The standard InChI is InChI=1S/C22H30N2O5S2/c1-17(2)29-22-12-11-21(15-18(22)3)30(25,26)23-16-19-7-9-20(10-8-19)31(27,28)24-13-5-4-6-14-24/h7-12,15,17,23H,4-6,13-14,16H2,1-3H3. The van der Waals surface area contributed by atoms with E-state index < -0.39 is 20.0 Å². The molecule has 1 aliphatic heterocycles. The lowest BCUT2D eigenvalue weighted by Gasteiger charge is -2.25. The Hall–Kier alpha value is -1.94. The SMILES string of the molecule is Cc1cc(S(=O)(=O)NCc2ccc(S(=O)(=O)N3CCCCC3)cc2)ccc1OC(C)C. The lowest BCUT2D eigenvalue weighted by Crippen LogP contribution is -2.35. The summed E-state index contributed by atoms with van der Waals surface area (Å²) in [4.78, 5) is 0.391. The summed E-state index contributed by atoms with van der Waals surface area (Å²) in [6.45, 7) is 6.78. The minimum absolute atomic E-state index is 0.000909. The van der Waals surface area contributed by atoms with E-state index in [4.69, 9.17) is 4.74 Å². The molecule has 0 amide bonds. The summed E-state index contributed by atoms with van der Waals surface area (Å²) in [6.07, 6.45) is 2.81. The molecule has 3 rings (SSSR count). The lowest BCUT2D eigenvalue weighted by molar-refractivity contribution is 0.240. The van der Waals surface area contributed by atoms with Crippen molar-refractivity contribution in [3.8, 4) is 5.75 Å². The summed E-state index contributed by atoms with van der Waals surface area (Å²) in [7, 11) is -7.21. The minimum atomic E-state index is -3.71. The van der Waals surface area contributed by atoms with Crippen LogP contribution < -0.4 is 9.46 Å². The van der Waals surface area contributed by atoms with Crippen LogP contribution in [0.2, 0.25) is 0 Å². The molecule has 2 aromatic carbocycles. The zero-order valence-corrected chi connectivity index (χ0v) is 19.8. The second-order valence-corrected chi connectivity index (χ2v) is 11.7. The van der Waals surface area contributed by atoms with Crippen molar-refractivity contribution in [1.82, 2.24) is 9.03 Å². The van der Waals surface area contributed by atoms with E-state index in [2.05, 4.69) is 4.72 Å². The van der Waals surface area contributed by atoms with Gasteiger partial charge in [-0.15, -0.1) is 0 Å². The average Bonchev–Trinajstić information content (AvgIpc) is 2.74. The van der Waals surface area contributed by atoms with Gasteiger partial charge in [-0.1, -0.05) is 18.6 Å². The van der Waals surface area contributed by atoms with Crippen LogP contribution in [0, 0.1) is 6.92 Å². The van der Waals surface area contributed by atoms with Crippen molar-refractivity contribution in [1.29, 1.82) is 0 Å². The molecule has 7 nitrogen and oxygen atoms in total. The number of piperidine rings is 1. The smallest absolute Gasteiger partial charge is 0.243 e. The summed E-state index contributed by atoms with van der Waals surface area (Å²) in [5.74, 6) is 0.652. The number of hydrogen-bond acceptors (Lipinski definition) is 5. The maximum Gasteiger partial charge on any atom is 0.243 e. The summed E-state index contributed by atoms with van der Waals surface area (Å²) >= 11 is 0. The summed E-state index contributed by atoms with van der Waals surface area (Å²) in [6, 6.07) is 11.1. The first-order chi connectivity index (χ1) is 14.6. The Bertz CT molecular complexity index is 1110. The normalized spacial score (nSPS) is 15.9. The van der Waals surface area contributed by atoms with Crippen LogP contribution in [0.3, 0.4) is 0 Å². The van der Waals surface area contributed by atoms with Gasteiger partial charge in [-0.05, 0) is 75.1 Å². The number of ether oxygens (including phenoxy) is 1. The summed E-state index contributed by atoms with van der Waals surface area (Å²) < 4.78 is 60.5. The van der Waals surface area contributed by atoms with Gasteiger partial charge >= 0.3 is 0 Å². The van der Waals surface area contributed by atoms with Crippen LogP contribution in [0.1, 0.15) is 44.2 Å². The molecule has 0 saturated carbocycles. The van der Waals surface area contributed by atoms with Crippen LogP contribution >= 0.6 is 0 Å². The Kier molecular flexibility index (Phi) is 7.41. The highest BCUT2D eigenvalue weighted by Crippen LogP contribution is 2.24. The molecule has 0 unspecified atom stereocenters. The summed E-state index contributed by atoms with van der Waals surface area (Å²) in [5.41, 5.74) is 1.42. The van der Waals surface area contributed by atoms with Crippen molar-refractivity contribution in [3.63, 3.8) is 0 Å². The van der Waals surface area contributed by atoms with Crippen molar-refractivity contribution >= 4 is 20.0 Å². The molecule has 9 heteroatoms. The number of aryl methyl sites for hydroxylation is 1. The predicted molar refractivity (Wildman–Crippen MR) is 120 cm³/mol. The van der Waals surface area contributed by atoms with E-state index in [0.717, 1.165) is 24.8 Å². The fraction of sp³-hybridized carbons (Fsp3) is 0.455. The fourth-order valence-corrected chi connectivity index (χ4v) is 6.09. The second-order valence-electron chi connectivity index (χ2n) is 8.03. The molecular weight excluding hydrogens is 436 g/mol. The first-order valence-corrected chi connectivity index (χ1v) is 13.4. The molecule has 2 aromatic rings. The number of benzene rings is 2. The third-order valence-corrected chi connectivity index (χ3v) is 8.47. The zero-order valence-electron chi connectivity index (χ0n) is 18.2. The van der Waals surface area contributed by atoms with Gasteiger partial charge in [0.1, 0.15) is 5.75 Å². The molecule has 31 heavy (non-hydrogen) atoms. The monoisotopic (exact) mass is 466 g/mol. The van der Waals surface area contributed by atoms with Gasteiger partial charge in [-0.3, -0.25) is 0 Å². The molecule has 0 spiro atoms. The third-order valence-electron chi connectivity index (χ3n) is 5.16. The van der Waals surface area contributed by atoms with Gasteiger partial charge in [0.2, 0.25) is 20.0 Å². The topological polar surface area (TPSA) is 92.8 Å². The Morgan fingerprint density at radius 1 is 0.935 bits per heavy atom. The number of nitrogens with one attached hydrogen (secondary N) is 1. The fourth-order valence-electron chi connectivity index (χ4n) is 3.47. The number of nitrogens with zero attached hydrogens (tertiary/aromatic N) is 1. The lowest BCUT2D eigenvalue weighted by atomic mass is 10.2. The molecule has 1 N–H and O–H groups in total. The van der Waals surface area contributed by atoms with Crippen LogP contribution in [0.25, 0.3) is 0 Å². The largest absolute Gasteiger partial charge is 0.491 e. The van der Waals surface area contributed by atoms with Gasteiger partial charge in [0.05, 0.1) is 15.9 Å². The van der Waals surface area contributed by atoms with E-state index in [-0.39, 0.29) is 22.4 Å². The van der Waals surface area contributed by atoms with Gasteiger partial charge in [0.25, 0.3) is 0 Å². The van der Waals surface area contributed by atoms with Crippen molar-refractivity contribution in [2.24, 2.45) is 0 Å². The zero-order chi connectivity index (χ0) is 22.6. The van der Waals surface area contributed by atoms with E-state index in [1.807, 2.05) is 13.8 Å². The molecular formula is C22H30N2O5S2. The van der Waals surface area contributed by atoms with Crippen LogP contribution in [-0.2, 0) is 26.6 Å². The van der Waals surface area contributed by atoms with Crippen LogP contribution in [-0.4, -0.2) is 40.3 Å². The molecule has 1 aliphatic rings. The average molecular weight is 467 g/mol. The minimum Gasteiger partial charge on any atom is -0.491 e. The molecule has 0 atom stereocenters. The Morgan fingerprint density at radius 2 is 1.55 bits per heavy atom. The molecule has 1 heterocycles. The molecule has 0 aromatic heterocycles. The van der Waals surface area contributed by atoms with Crippen molar-refractivity contribution in [3.05, 3.63) is 53.6 Å². The highest BCUT2D eigenvalue weighted by molar-refractivity contribution is 7.89. The van der Waals surface area contributed by atoms with Crippen molar-refractivity contribution in [2.45, 2.75) is 62.5 Å².